The third-order valence-corrected chi connectivity index (χ3v) is 5.50. The van der Waals surface area contributed by atoms with Crippen LogP contribution in [0.2, 0.25) is 0 Å². The van der Waals surface area contributed by atoms with E-state index in [1.165, 1.54) is 0 Å². The summed E-state index contributed by atoms with van der Waals surface area (Å²) in [6.07, 6.45) is 1.28. The minimum Gasteiger partial charge on any atom is -0.479 e. The Kier molecular flexibility index (Phi) is 5.63. The van der Waals surface area contributed by atoms with Crippen LogP contribution in [0.15, 0.2) is 29.2 Å². The van der Waals surface area contributed by atoms with E-state index in [-0.39, 0.29) is 17.9 Å². The highest BCUT2D eigenvalue weighted by Gasteiger charge is 2.29. The van der Waals surface area contributed by atoms with Crippen LogP contribution in [0.1, 0.15) is 12.8 Å². The smallest absolute Gasteiger partial charge is 0.262 e. The minimum atomic E-state index is -0.436. The van der Waals surface area contributed by atoms with Gasteiger partial charge in [-0.1, -0.05) is 12.1 Å². The summed E-state index contributed by atoms with van der Waals surface area (Å²) in [5, 5.41) is 5.74. The van der Waals surface area contributed by atoms with E-state index in [9.17, 15) is 9.59 Å². The first-order chi connectivity index (χ1) is 11.7. The van der Waals surface area contributed by atoms with E-state index in [1.54, 1.807) is 18.8 Å². The zero-order valence-electron chi connectivity index (χ0n) is 13.8. The van der Waals surface area contributed by atoms with Crippen molar-refractivity contribution >= 4 is 23.6 Å². The molecule has 0 aromatic heterocycles. The second-order valence-electron chi connectivity index (χ2n) is 6.10. The molecule has 1 unspecified atom stereocenters. The maximum Gasteiger partial charge on any atom is 0.262 e. The average molecular weight is 349 g/mol. The SMILES string of the molecule is CNC(=O)CN1CCC(NC(=O)C2CSc3ccccc3O2)CC1. The van der Waals surface area contributed by atoms with Crippen molar-refractivity contribution in [1.29, 1.82) is 0 Å². The van der Waals surface area contributed by atoms with Crippen LogP contribution in [0.3, 0.4) is 0 Å². The lowest BCUT2D eigenvalue weighted by molar-refractivity contribution is -0.128. The number of para-hydroxylation sites is 1. The number of piperidine rings is 1. The molecule has 3 rings (SSSR count). The summed E-state index contributed by atoms with van der Waals surface area (Å²) < 4.78 is 5.83. The number of carbonyl (C=O) groups excluding carboxylic acids is 2. The lowest BCUT2D eigenvalue weighted by atomic mass is 10.0. The largest absolute Gasteiger partial charge is 0.479 e. The van der Waals surface area contributed by atoms with Gasteiger partial charge in [0, 0.05) is 36.8 Å². The predicted octanol–water partition coefficient (Wildman–Crippen LogP) is 0.866. The molecule has 1 aromatic rings. The molecule has 1 saturated heterocycles. The fourth-order valence-electron chi connectivity index (χ4n) is 2.96. The Balaban J connectivity index is 1.46. The molecule has 0 bridgehead atoms. The Hall–Kier alpha value is -1.73. The molecule has 2 aliphatic rings. The van der Waals surface area contributed by atoms with E-state index in [0.29, 0.717) is 12.3 Å². The van der Waals surface area contributed by atoms with Gasteiger partial charge in [0.2, 0.25) is 5.91 Å². The Morgan fingerprint density at radius 1 is 1.29 bits per heavy atom. The van der Waals surface area contributed by atoms with E-state index >= 15 is 0 Å². The van der Waals surface area contributed by atoms with Crippen LogP contribution in [0.5, 0.6) is 5.75 Å². The van der Waals surface area contributed by atoms with Gasteiger partial charge in [-0.05, 0) is 25.0 Å². The normalized spacial score (nSPS) is 21.5. The second-order valence-corrected chi connectivity index (χ2v) is 7.16. The number of benzene rings is 1. The lowest BCUT2D eigenvalue weighted by Gasteiger charge is -2.33. The summed E-state index contributed by atoms with van der Waals surface area (Å²) in [5.41, 5.74) is 0. The molecule has 0 spiro atoms. The van der Waals surface area contributed by atoms with Gasteiger partial charge in [-0.3, -0.25) is 14.5 Å². The van der Waals surface area contributed by atoms with Gasteiger partial charge >= 0.3 is 0 Å². The van der Waals surface area contributed by atoms with E-state index in [1.807, 2.05) is 24.3 Å². The number of hydrogen-bond acceptors (Lipinski definition) is 5. The molecule has 2 heterocycles. The number of fused-ring (bicyclic) bond motifs is 1. The molecule has 2 aliphatic heterocycles. The number of carbonyl (C=O) groups is 2. The van der Waals surface area contributed by atoms with Crippen molar-refractivity contribution in [2.45, 2.75) is 29.9 Å². The molecule has 2 amide bonds. The number of likely N-dealkylation sites (tertiary alicyclic amines) is 1. The van der Waals surface area contributed by atoms with E-state index in [0.717, 1.165) is 36.6 Å². The number of nitrogens with zero attached hydrogens (tertiary/aromatic N) is 1. The van der Waals surface area contributed by atoms with Gasteiger partial charge in [0.05, 0.1) is 6.54 Å². The summed E-state index contributed by atoms with van der Waals surface area (Å²) in [6, 6.07) is 7.96. The summed E-state index contributed by atoms with van der Waals surface area (Å²) >= 11 is 1.66. The molecule has 0 saturated carbocycles. The van der Waals surface area contributed by atoms with Gasteiger partial charge in [0.15, 0.2) is 6.10 Å². The molecular formula is C17H23N3O3S. The van der Waals surface area contributed by atoms with Crippen LogP contribution in [0, 0.1) is 0 Å². The Morgan fingerprint density at radius 2 is 2.04 bits per heavy atom. The van der Waals surface area contributed by atoms with Crippen molar-refractivity contribution in [2.24, 2.45) is 0 Å². The molecule has 24 heavy (non-hydrogen) atoms. The molecule has 7 heteroatoms. The number of nitrogens with one attached hydrogen (secondary N) is 2. The quantitative estimate of drug-likeness (QED) is 0.844. The molecule has 130 valence electrons. The molecule has 1 aromatic carbocycles. The van der Waals surface area contributed by atoms with Crippen LogP contribution in [0.4, 0.5) is 0 Å². The number of hydrogen-bond donors (Lipinski definition) is 2. The monoisotopic (exact) mass is 349 g/mol. The molecule has 0 radical (unpaired) electrons. The first kappa shape index (κ1) is 17.1. The molecule has 0 aliphatic carbocycles. The molecule has 1 atom stereocenters. The van der Waals surface area contributed by atoms with Gasteiger partial charge in [-0.15, -0.1) is 11.8 Å². The van der Waals surface area contributed by atoms with Gasteiger partial charge in [-0.25, -0.2) is 0 Å². The first-order valence-corrected chi connectivity index (χ1v) is 9.26. The van der Waals surface area contributed by atoms with Crippen molar-refractivity contribution in [2.75, 3.05) is 32.4 Å². The Labute approximate surface area is 146 Å². The molecular weight excluding hydrogens is 326 g/mol. The molecule has 2 N–H and O–H groups in total. The van der Waals surface area contributed by atoms with Crippen LogP contribution in [0.25, 0.3) is 0 Å². The third kappa shape index (κ3) is 4.21. The van der Waals surface area contributed by atoms with Crippen LogP contribution < -0.4 is 15.4 Å². The van der Waals surface area contributed by atoms with Crippen LogP contribution in [-0.4, -0.2) is 61.3 Å². The second kappa shape index (κ2) is 7.90. The number of likely N-dealkylation sites (N-methyl/N-ethyl adjacent to an activating group) is 1. The van der Waals surface area contributed by atoms with Gasteiger partial charge in [-0.2, -0.15) is 0 Å². The number of rotatable bonds is 4. The first-order valence-electron chi connectivity index (χ1n) is 8.27. The third-order valence-electron chi connectivity index (χ3n) is 4.38. The summed E-state index contributed by atoms with van der Waals surface area (Å²) in [6.45, 7) is 2.07. The fourth-order valence-corrected chi connectivity index (χ4v) is 3.94. The highest BCUT2D eigenvalue weighted by molar-refractivity contribution is 7.99. The van der Waals surface area contributed by atoms with Crippen molar-refractivity contribution in [3.63, 3.8) is 0 Å². The lowest BCUT2D eigenvalue weighted by Crippen LogP contribution is -2.50. The summed E-state index contributed by atoms with van der Waals surface area (Å²) in [7, 11) is 1.65. The topological polar surface area (TPSA) is 70.7 Å². The van der Waals surface area contributed by atoms with Crippen molar-refractivity contribution in [3.05, 3.63) is 24.3 Å². The summed E-state index contributed by atoms with van der Waals surface area (Å²) in [4.78, 5) is 27.1. The average Bonchev–Trinajstić information content (AvgIpc) is 2.62. The van der Waals surface area contributed by atoms with Crippen molar-refractivity contribution in [3.8, 4) is 5.75 Å². The van der Waals surface area contributed by atoms with Crippen LogP contribution >= 0.6 is 11.8 Å². The highest BCUT2D eigenvalue weighted by Crippen LogP contribution is 2.34. The number of thioether (sulfide) groups is 1. The standard InChI is InChI=1S/C17H23N3O3S/c1-18-16(21)10-20-8-6-12(7-9-20)19-17(22)14-11-24-15-5-3-2-4-13(15)23-14/h2-5,12,14H,6-11H2,1H3,(H,18,21)(H,19,22). The maximum atomic E-state index is 12.5. The number of ether oxygens (including phenoxy) is 1. The van der Waals surface area contributed by atoms with Gasteiger partial charge in [0.1, 0.15) is 5.75 Å². The van der Waals surface area contributed by atoms with E-state index in [4.69, 9.17) is 4.74 Å². The Bertz CT molecular complexity index is 602. The van der Waals surface area contributed by atoms with E-state index < -0.39 is 6.10 Å². The zero-order valence-corrected chi connectivity index (χ0v) is 14.6. The number of amides is 2. The molecule has 6 nitrogen and oxygen atoms in total. The zero-order chi connectivity index (χ0) is 16.9. The highest BCUT2D eigenvalue weighted by atomic mass is 32.2. The maximum absolute atomic E-state index is 12.5. The van der Waals surface area contributed by atoms with Gasteiger partial charge < -0.3 is 15.4 Å². The Morgan fingerprint density at radius 3 is 2.79 bits per heavy atom. The van der Waals surface area contributed by atoms with E-state index in [2.05, 4.69) is 15.5 Å². The minimum absolute atomic E-state index is 0.0313. The van der Waals surface area contributed by atoms with Crippen molar-refractivity contribution in [1.82, 2.24) is 15.5 Å². The predicted molar refractivity (Wildman–Crippen MR) is 93.3 cm³/mol. The fraction of sp³-hybridized carbons (Fsp3) is 0.529. The molecule has 1 fully saturated rings. The van der Waals surface area contributed by atoms with Crippen molar-refractivity contribution < 1.29 is 14.3 Å². The van der Waals surface area contributed by atoms with Gasteiger partial charge in [0.25, 0.3) is 5.91 Å². The summed E-state index contributed by atoms with van der Waals surface area (Å²) in [5.74, 6) is 1.41. The van der Waals surface area contributed by atoms with Crippen LogP contribution in [-0.2, 0) is 9.59 Å².